The van der Waals surface area contributed by atoms with Gasteiger partial charge in [-0.15, -0.1) is 0 Å². The molecular formula is C20H21N3O. The van der Waals surface area contributed by atoms with E-state index in [2.05, 4.69) is 64.5 Å². The minimum atomic E-state index is 0.167. The number of aromatic nitrogens is 2. The number of H-pyrrole nitrogens is 1. The number of nitrogens with one attached hydrogen (secondary N) is 1. The molecule has 1 aliphatic rings. The summed E-state index contributed by atoms with van der Waals surface area (Å²) in [6.45, 7) is 4.76. The Hall–Kier alpha value is -2.59. The van der Waals surface area contributed by atoms with Crippen LogP contribution in [0.4, 0.5) is 0 Å². The van der Waals surface area contributed by atoms with Crippen LogP contribution in [0.2, 0.25) is 0 Å². The van der Waals surface area contributed by atoms with E-state index in [1.54, 1.807) is 0 Å². The lowest BCUT2D eigenvalue weighted by atomic mass is 10.1. The zero-order valence-corrected chi connectivity index (χ0v) is 13.8. The van der Waals surface area contributed by atoms with Gasteiger partial charge in [-0.25, -0.2) is 0 Å². The molecule has 0 spiro atoms. The van der Waals surface area contributed by atoms with Crippen molar-refractivity contribution < 1.29 is 4.74 Å². The minimum absolute atomic E-state index is 0.167. The summed E-state index contributed by atoms with van der Waals surface area (Å²) in [7, 11) is 0. The number of rotatable bonds is 3. The lowest BCUT2D eigenvalue weighted by molar-refractivity contribution is 0.156. The van der Waals surface area contributed by atoms with Crippen LogP contribution >= 0.6 is 0 Å². The number of nitrogens with zero attached hydrogens (tertiary/aromatic N) is 2. The van der Waals surface area contributed by atoms with E-state index < -0.39 is 0 Å². The van der Waals surface area contributed by atoms with Crippen molar-refractivity contribution in [1.82, 2.24) is 15.1 Å². The number of benzene rings is 2. The van der Waals surface area contributed by atoms with Crippen LogP contribution in [0.1, 0.15) is 18.1 Å². The van der Waals surface area contributed by atoms with Crippen molar-refractivity contribution in [3.05, 3.63) is 71.9 Å². The Bertz CT molecular complexity index is 813. The van der Waals surface area contributed by atoms with Crippen LogP contribution in [-0.4, -0.2) is 27.7 Å². The summed E-state index contributed by atoms with van der Waals surface area (Å²) in [5.74, 6) is 1.00. The van der Waals surface area contributed by atoms with Gasteiger partial charge in [0, 0.05) is 30.8 Å². The molecule has 24 heavy (non-hydrogen) atoms. The minimum Gasteiger partial charge on any atom is -0.489 e. The molecule has 3 aromatic rings. The van der Waals surface area contributed by atoms with Crippen molar-refractivity contribution in [1.29, 1.82) is 0 Å². The molecule has 1 aromatic heterocycles. The lowest BCUT2D eigenvalue weighted by Crippen LogP contribution is -2.30. The van der Waals surface area contributed by atoms with E-state index in [-0.39, 0.29) is 6.10 Å². The molecule has 0 aliphatic carbocycles. The van der Waals surface area contributed by atoms with Crippen LogP contribution in [0.3, 0.4) is 0 Å². The Kier molecular flexibility index (Phi) is 4.05. The summed E-state index contributed by atoms with van der Waals surface area (Å²) in [5, 5.41) is 7.42. The summed E-state index contributed by atoms with van der Waals surface area (Å²) < 4.78 is 6.06. The van der Waals surface area contributed by atoms with Crippen LogP contribution in [0, 0.1) is 0 Å². The van der Waals surface area contributed by atoms with Gasteiger partial charge in [0.2, 0.25) is 0 Å². The number of hydrogen-bond acceptors (Lipinski definition) is 3. The Morgan fingerprint density at radius 2 is 1.92 bits per heavy atom. The van der Waals surface area contributed by atoms with Crippen LogP contribution in [-0.2, 0) is 13.1 Å². The number of para-hydroxylation sites is 1. The fourth-order valence-electron chi connectivity index (χ4n) is 3.32. The Labute approximate surface area is 142 Å². The van der Waals surface area contributed by atoms with Gasteiger partial charge in [-0.1, -0.05) is 48.5 Å². The van der Waals surface area contributed by atoms with Gasteiger partial charge in [-0.2, -0.15) is 5.10 Å². The van der Waals surface area contributed by atoms with Crippen molar-refractivity contribution in [3.63, 3.8) is 0 Å². The second-order valence-corrected chi connectivity index (χ2v) is 6.34. The third kappa shape index (κ3) is 3.05. The van der Waals surface area contributed by atoms with Gasteiger partial charge in [-0.05, 0) is 18.6 Å². The molecular weight excluding hydrogens is 298 g/mol. The molecule has 1 atom stereocenters. The zero-order valence-electron chi connectivity index (χ0n) is 13.8. The second kappa shape index (κ2) is 6.49. The smallest absolute Gasteiger partial charge is 0.124 e. The molecule has 2 aromatic carbocycles. The molecule has 4 heteroatoms. The van der Waals surface area contributed by atoms with Crippen LogP contribution < -0.4 is 4.74 Å². The van der Waals surface area contributed by atoms with Crippen molar-refractivity contribution in [3.8, 4) is 17.0 Å². The van der Waals surface area contributed by atoms with Crippen molar-refractivity contribution in [2.45, 2.75) is 26.1 Å². The summed E-state index contributed by atoms with van der Waals surface area (Å²) in [5.41, 5.74) is 4.73. The molecule has 0 amide bonds. The first-order valence-electron chi connectivity index (χ1n) is 8.34. The summed E-state index contributed by atoms with van der Waals surface area (Å²) in [4.78, 5) is 2.42. The van der Waals surface area contributed by atoms with Crippen molar-refractivity contribution in [2.24, 2.45) is 0 Å². The van der Waals surface area contributed by atoms with E-state index in [1.807, 2.05) is 18.3 Å². The predicted octanol–water partition coefficient (Wildman–Crippen LogP) is 3.86. The quantitative estimate of drug-likeness (QED) is 0.797. The maximum absolute atomic E-state index is 6.06. The molecule has 1 unspecified atom stereocenters. The third-order valence-corrected chi connectivity index (χ3v) is 4.38. The Morgan fingerprint density at radius 1 is 1.12 bits per heavy atom. The largest absolute Gasteiger partial charge is 0.489 e. The van der Waals surface area contributed by atoms with E-state index in [9.17, 15) is 0 Å². The Balaban J connectivity index is 1.59. The Morgan fingerprint density at radius 3 is 2.79 bits per heavy atom. The number of aromatic amines is 1. The van der Waals surface area contributed by atoms with E-state index in [1.165, 1.54) is 16.7 Å². The van der Waals surface area contributed by atoms with Gasteiger partial charge in [0.15, 0.2) is 0 Å². The number of hydrogen-bond donors (Lipinski definition) is 1. The highest BCUT2D eigenvalue weighted by Gasteiger charge is 2.21. The normalized spacial score (nSPS) is 17.8. The van der Waals surface area contributed by atoms with Gasteiger partial charge in [-0.3, -0.25) is 10.00 Å². The molecule has 1 aliphatic heterocycles. The van der Waals surface area contributed by atoms with Crippen LogP contribution in [0.25, 0.3) is 11.3 Å². The maximum Gasteiger partial charge on any atom is 0.124 e. The van der Waals surface area contributed by atoms with Gasteiger partial charge < -0.3 is 4.74 Å². The topological polar surface area (TPSA) is 41.2 Å². The highest BCUT2D eigenvalue weighted by Crippen LogP contribution is 2.27. The first-order valence-corrected chi connectivity index (χ1v) is 8.34. The molecule has 122 valence electrons. The van der Waals surface area contributed by atoms with E-state index in [0.717, 1.165) is 31.1 Å². The fourth-order valence-corrected chi connectivity index (χ4v) is 3.32. The van der Waals surface area contributed by atoms with E-state index in [0.29, 0.717) is 0 Å². The van der Waals surface area contributed by atoms with Gasteiger partial charge in [0.1, 0.15) is 11.9 Å². The molecule has 1 N–H and O–H groups in total. The number of fused-ring (bicyclic) bond motifs is 1. The molecule has 0 bridgehead atoms. The molecule has 4 nitrogen and oxygen atoms in total. The van der Waals surface area contributed by atoms with Crippen LogP contribution in [0.5, 0.6) is 5.75 Å². The lowest BCUT2D eigenvalue weighted by Gasteiger charge is -2.21. The van der Waals surface area contributed by atoms with Crippen molar-refractivity contribution >= 4 is 0 Å². The standard InChI is InChI=1S/C20H21N3O/c1-15-12-23(13-17-9-5-6-10-19(17)24-15)14-18-11-21-22-20(18)16-7-3-2-4-8-16/h2-11,15H,12-14H2,1H3,(H,21,22). The second-order valence-electron chi connectivity index (χ2n) is 6.34. The average molecular weight is 319 g/mol. The average Bonchev–Trinajstić information content (AvgIpc) is 2.98. The molecule has 4 rings (SSSR count). The monoisotopic (exact) mass is 319 g/mol. The highest BCUT2D eigenvalue weighted by atomic mass is 16.5. The first kappa shape index (κ1) is 15.0. The maximum atomic E-state index is 6.06. The van der Waals surface area contributed by atoms with E-state index >= 15 is 0 Å². The van der Waals surface area contributed by atoms with Gasteiger partial charge in [0.25, 0.3) is 0 Å². The van der Waals surface area contributed by atoms with Crippen LogP contribution in [0.15, 0.2) is 60.8 Å². The van der Waals surface area contributed by atoms with Gasteiger partial charge in [0.05, 0.1) is 11.9 Å². The molecule has 2 heterocycles. The molecule has 0 fully saturated rings. The first-order chi connectivity index (χ1) is 11.8. The summed E-state index contributed by atoms with van der Waals surface area (Å²) in [6.07, 6.45) is 2.10. The number of ether oxygens (including phenoxy) is 1. The van der Waals surface area contributed by atoms with Crippen molar-refractivity contribution in [2.75, 3.05) is 6.54 Å². The van der Waals surface area contributed by atoms with Gasteiger partial charge >= 0.3 is 0 Å². The summed E-state index contributed by atoms with van der Waals surface area (Å²) >= 11 is 0. The SMILES string of the molecule is CC1CN(Cc2cn[nH]c2-c2ccccc2)Cc2ccccc2O1. The van der Waals surface area contributed by atoms with E-state index in [4.69, 9.17) is 4.74 Å². The third-order valence-electron chi connectivity index (χ3n) is 4.38. The fraction of sp³-hybridized carbons (Fsp3) is 0.250. The molecule has 0 saturated heterocycles. The molecule has 0 saturated carbocycles. The summed E-state index contributed by atoms with van der Waals surface area (Å²) in [6, 6.07) is 18.7. The zero-order chi connectivity index (χ0) is 16.4. The highest BCUT2D eigenvalue weighted by molar-refractivity contribution is 5.62. The predicted molar refractivity (Wildman–Crippen MR) is 94.7 cm³/mol. The molecule has 0 radical (unpaired) electrons.